The van der Waals surface area contributed by atoms with Crippen LogP contribution in [0.2, 0.25) is 5.02 Å². The van der Waals surface area contributed by atoms with E-state index >= 15 is 0 Å². The Balaban J connectivity index is 1.33. The number of aromatic nitrogens is 3. The van der Waals surface area contributed by atoms with Crippen molar-refractivity contribution in [3.8, 4) is 23.0 Å². The molecule has 10 heteroatoms. The van der Waals surface area contributed by atoms with Gasteiger partial charge in [0.25, 0.3) is 0 Å². The van der Waals surface area contributed by atoms with Crippen molar-refractivity contribution in [1.29, 1.82) is 0 Å². The topological polar surface area (TPSA) is 75.5 Å². The Labute approximate surface area is 241 Å². The number of rotatable bonds is 9. The molecule has 0 saturated heterocycles. The van der Waals surface area contributed by atoms with Crippen molar-refractivity contribution in [2.24, 2.45) is 5.92 Å². The highest BCUT2D eigenvalue weighted by molar-refractivity contribution is 6.30. The first kappa shape index (κ1) is 27.4. The number of esters is 1. The van der Waals surface area contributed by atoms with E-state index in [0.717, 1.165) is 43.7 Å². The Morgan fingerprint density at radius 2 is 1.80 bits per heavy atom. The van der Waals surface area contributed by atoms with Gasteiger partial charge in [0.2, 0.25) is 11.5 Å². The van der Waals surface area contributed by atoms with E-state index in [1.165, 1.54) is 19.4 Å². The molecule has 4 aromatic rings. The lowest BCUT2D eigenvalue weighted by atomic mass is 9.83. The van der Waals surface area contributed by atoms with E-state index in [4.69, 9.17) is 30.8 Å². The van der Waals surface area contributed by atoms with Crippen molar-refractivity contribution < 1.29 is 27.8 Å². The van der Waals surface area contributed by atoms with Gasteiger partial charge in [-0.3, -0.25) is 0 Å². The van der Waals surface area contributed by atoms with Gasteiger partial charge in [0.05, 0.1) is 30.4 Å². The average Bonchev–Trinajstić information content (AvgIpc) is 3.69. The number of methoxy groups -OCH3 is 1. The third-order valence-corrected chi connectivity index (χ3v) is 8.30. The minimum absolute atomic E-state index is 0.220. The number of pyridine rings is 1. The monoisotopic (exact) mass is 581 g/mol. The molecule has 1 unspecified atom stereocenters. The predicted molar refractivity (Wildman–Crippen MR) is 150 cm³/mol. The van der Waals surface area contributed by atoms with Crippen LogP contribution >= 0.6 is 11.6 Å². The zero-order valence-electron chi connectivity index (χ0n) is 22.6. The second-order valence-corrected chi connectivity index (χ2v) is 11.2. The lowest BCUT2D eigenvalue weighted by Gasteiger charge is -2.32. The highest BCUT2D eigenvalue weighted by Crippen LogP contribution is 2.42. The van der Waals surface area contributed by atoms with Gasteiger partial charge < -0.3 is 18.8 Å². The van der Waals surface area contributed by atoms with Gasteiger partial charge in [-0.05, 0) is 49.1 Å². The van der Waals surface area contributed by atoms with Crippen molar-refractivity contribution in [3.05, 3.63) is 71.4 Å². The highest BCUT2D eigenvalue weighted by Gasteiger charge is 2.54. The van der Waals surface area contributed by atoms with Gasteiger partial charge in [-0.2, -0.15) is 0 Å². The number of hydrogen-bond donors (Lipinski definition) is 0. The molecule has 2 fully saturated rings. The first-order chi connectivity index (χ1) is 19.9. The van der Waals surface area contributed by atoms with Crippen LogP contribution in [0.3, 0.4) is 0 Å². The van der Waals surface area contributed by atoms with Gasteiger partial charge in [-0.25, -0.2) is 23.5 Å². The molecule has 2 aliphatic rings. The fraction of sp³-hybridized carbons (Fsp3) is 0.387. The van der Waals surface area contributed by atoms with Crippen molar-refractivity contribution in [2.45, 2.75) is 56.6 Å². The van der Waals surface area contributed by atoms with E-state index in [1.54, 1.807) is 24.3 Å². The van der Waals surface area contributed by atoms with Crippen LogP contribution in [-0.4, -0.2) is 39.8 Å². The van der Waals surface area contributed by atoms with Gasteiger partial charge in [-0.1, -0.05) is 30.9 Å². The van der Waals surface area contributed by atoms with Crippen LogP contribution in [0, 0.1) is 17.6 Å². The summed E-state index contributed by atoms with van der Waals surface area (Å²) in [5.41, 5.74) is 0.725. The molecule has 0 N–H and O–H groups in total. The van der Waals surface area contributed by atoms with E-state index in [-0.39, 0.29) is 18.6 Å². The summed E-state index contributed by atoms with van der Waals surface area (Å²) in [4.78, 5) is 21.2. The molecule has 2 heterocycles. The Morgan fingerprint density at radius 1 is 1.07 bits per heavy atom. The quantitative estimate of drug-likeness (QED) is 0.193. The SMILES string of the molecule is COC(=O)C1(Oc2ccc(OCC(C3CCCCC3)n3c(-c4ccc(Cl)cc4)nc4cc(F)c(F)cc43)nc2)CC1. The molecular formula is C31H30ClF2N3O4. The van der Waals surface area contributed by atoms with Crippen LogP contribution < -0.4 is 9.47 Å². The summed E-state index contributed by atoms with van der Waals surface area (Å²) in [5.74, 6) is -0.603. The third-order valence-electron chi connectivity index (χ3n) is 8.05. The summed E-state index contributed by atoms with van der Waals surface area (Å²) >= 11 is 6.15. The normalized spacial score (nSPS) is 17.3. The summed E-state index contributed by atoms with van der Waals surface area (Å²) < 4.78 is 47.8. The fourth-order valence-electron chi connectivity index (χ4n) is 5.73. The minimum atomic E-state index is -0.943. The summed E-state index contributed by atoms with van der Waals surface area (Å²) in [5, 5.41) is 0.582. The molecule has 2 aliphatic carbocycles. The highest BCUT2D eigenvalue weighted by atomic mass is 35.5. The van der Waals surface area contributed by atoms with Crippen LogP contribution in [0.5, 0.6) is 11.6 Å². The molecule has 0 amide bonds. The Kier molecular flexibility index (Phi) is 7.55. The van der Waals surface area contributed by atoms with Gasteiger partial charge >= 0.3 is 5.97 Å². The minimum Gasteiger partial charge on any atom is -0.475 e. The number of hydrogen-bond acceptors (Lipinski definition) is 6. The maximum Gasteiger partial charge on any atom is 0.350 e. The number of ether oxygens (including phenoxy) is 3. The summed E-state index contributed by atoms with van der Waals surface area (Å²) in [6.07, 6.45) is 8.01. The first-order valence-electron chi connectivity index (χ1n) is 13.9. The van der Waals surface area contributed by atoms with Crippen LogP contribution in [0.25, 0.3) is 22.4 Å². The van der Waals surface area contributed by atoms with Gasteiger partial charge in [0.15, 0.2) is 11.6 Å². The summed E-state index contributed by atoms with van der Waals surface area (Å²) in [7, 11) is 1.34. The molecule has 0 bridgehead atoms. The molecule has 7 nitrogen and oxygen atoms in total. The van der Waals surface area contributed by atoms with Crippen LogP contribution in [0.15, 0.2) is 54.7 Å². The van der Waals surface area contributed by atoms with Crippen molar-refractivity contribution >= 4 is 28.6 Å². The molecular weight excluding hydrogens is 552 g/mol. The molecule has 2 aromatic carbocycles. The van der Waals surface area contributed by atoms with Gasteiger partial charge in [-0.15, -0.1) is 0 Å². The van der Waals surface area contributed by atoms with Gasteiger partial charge in [0, 0.05) is 41.6 Å². The smallest absolute Gasteiger partial charge is 0.350 e. The molecule has 2 aromatic heterocycles. The average molecular weight is 582 g/mol. The van der Waals surface area contributed by atoms with E-state index in [0.29, 0.717) is 46.4 Å². The Hall–Kier alpha value is -3.72. The number of carbonyl (C=O) groups excluding carboxylic acids is 1. The maximum atomic E-state index is 14.6. The second-order valence-electron chi connectivity index (χ2n) is 10.8. The third kappa shape index (κ3) is 5.60. The van der Waals surface area contributed by atoms with Crippen molar-refractivity contribution in [1.82, 2.24) is 14.5 Å². The largest absolute Gasteiger partial charge is 0.475 e. The summed E-state index contributed by atoms with van der Waals surface area (Å²) in [6.45, 7) is 0.245. The van der Waals surface area contributed by atoms with Crippen molar-refractivity contribution in [2.75, 3.05) is 13.7 Å². The number of fused-ring (bicyclic) bond motifs is 1. The van der Waals surface area contributed by atoms with E-state index in [2.05, 4.69) is 4.98 Å². The van der Waals surface area contributed by atoms with E-state index in [1.807, 2.05) is 16.7 Å². The number of benzene rings is 2. The van der Waals surface area contributed by atoms with E-state index in [9.17, 15) is 13.6 Å². The second kappa shape index (κ2) is 11.3. The molecule has 0 spiro atoms. The number of nitrogens with zero attached hydrogens (tertiary/aromatic N) is 3. The number of imidazole rings is 1. The zero-order chi connectivity index (χ0) is 28.6. The van der Waals surface area contributed by atoms with Crippen LogP contribution in [0.1, 0.15) is 51.0 Å². The lowest BCUT2D eigenvalue weighted by Crippen LogP contribution is -2.30. The van der Waals surface area contributed by atoms with E-state index < -0.39 is 23.2 Å². The van der Waals surface area contributed by atoms with Gasteiger partial charge in [0.1, 0.15) is 18.2 Å². The lowest BCUT2D eigenvalue weighted by molar-refractivity contribution is -0.151. The first-order valence-corrected chi connectivity index (χ1v) is 14.2. The molecule has 214 valence electrons. The maximum absolute atomic E-state index is 14.6. The Morgan fingerprint density at radius 3 is 2.46 bits per heavy atom. The number of halogens is 3. The molecule has 0 radical (unpaired) electrons. The fourth-order valence-corrected chi connectivity index (χ4v) is 5.85. The van der Waals surface area contributed by atoms with Crippen molar-refractivity contribution in [3.63, 3.8) is 0 Å². The standard InChI is InChI=1S/C31H30ClF2N3O4/c1-39-30(38)31(13-14-31)41-22-11-12-28(35-17-22)40-18-27(19-5-3-2-4-6-19)37-26-16-24(34)23(33)15-25(26)36-29(37)20-7-9-21(32)10-8-20/h7-12,15-17,19,27H,2-6,13-14,18H2,1H3. The molecule has 1 atom stereocenters. The van der Waals surface area contributed by atoms with Crippen LogP contribution in [-0.2, 0) is 9.53 Å². The summed E-state index contributed by atoms with van der Waals surface area (Å²) in [6, 6.07) is 12.8. The molecule has 0 aliphatic heterocycles. The molecule has 41 heavy (non-hydrogen) atoms. The molecule has 2 saturated carbocycles. The zero-order valence-corrected chi connectivity index (χ0v) is 23.4. The molecule has 6 rings (SSSR count). The van der Waals surface area contributed by atoms with Crippen LogP contribution in [0.4, 0.5) is 8.78 Å². The Bertz CT molecular complexity index is 1550. The number of carbonyl (C=O) groups is 1. The predicted octanol–water partition coefficient (Wildman–Crippen LogP) is 7.31.